The Hall–Kier alpha value is -7.68. The monoisotopic (exact) mass is 788 g/mol. The number of aromatic nitrogens is 6. The van der Waals surface area contributed by atoms with E-state index in [1.807, 2.05) is 54.6 Å². The fourth-order valence-electron chi connectivity index (χ4n) is 9.21. The number of nitrogens with zero attached hydrogens (tertiary/aromatic N) is 6. The van der Waals surface area contributed by atoms with Gasteiger partial charge in [0.15, 0.2) is 11.6 Å². The first-order valence-corrected chi connectivity index (χ1v) is 21.0. The van der Waals surface area contributed by atoms with Crippen molar-refractivity contribution in [1.29, 1.82) is 0 Å². The maximum Gasteiger partial charge on any atom is 0.238 e. The van der Waals surface area contributed by atoms with E-state index in [2.05, 4.69) is 124 Å². The van der Waals surface area contributed by atoms with Gasteiger partial charge in [-0.3, -0.25) is 4.57 Å². The van der Waals surface area contributed by atoms with Crippen LogP contribution < -0.4 is 10.6 Å². The van der Waals surface area contributed by atoms with Crippen molar-refractivity contribution in [2.75, 3.05) is 0 Å². The van der Waals surface area contributed by atoms with Crippen LogP contribution in [-0.4, -0.2) is 29.1 Å². The molecule has 12 aromatic rings. The maximum absolute atomic E-state index is 6.35. The Balaban J connectivity index is 1.12. The molecule has 0 fully saturated rings. The van der Waals surface area contributed by atoms with Gasteiger partial charge < -0.3 is 8.98 Å². The molecule has 0 saturated carbocycles. The average molecular weight is 789 g/mol. The van der Waals surface area contributed by atoms with E-state index in [9.17, 15) is 0 Å². The topological polar surface area (TPSA) is 74.6 Å². The van der Waals surface area contributed by atoms with Crippen LogP contribution in [0.1, 0.15) is 12.8 Å². The summed E-state index contributed by atoms with van der Waals surface area (Å²) >= 11 is 1.72. The molecule has 7 aromatic carbocycles. The molecule has 0 N–H and O–H groups in total. The normalized spacial score (nSPS) is 12.8. The molecule has 5 aromatic heterocycles. The molecular formula is C52H32N6OS. The number of para-hydroxylation sites is 3. The van der Waals surface area contributed by atoms with Crippen LogP contribution in [0.2, 0.25) is 0 Å². The lowest BCUT2D eigenvalue weighted by Crippen LogP contribution is -2.31. The first kappa shape index (κ1) is 33.3. The minimum atomic E-state index is 0.567. The molecule has 5 heterocycles. The fourth-order valence-corrected chi connectivity index (χ4v) is 10.2. The summed E-state index contributed by atoms with van der Waals surface area (Å²) in [6.45, 7) is 0. The van der Waals surface area contributed by atoms with Gasteiger partial charge in [0.05, 0.1) is 32.1 Å². The van der Waals surface area contributed by atoms with E-state index in [1.165, 1.54) is 15.3 Å². The largest absolute Gasteiger partial charge is 0.456 e. The van der Waals surface area contributed by atoms with Gasteiger partial charge in [-0.25, -0.2) is 9.97 Å². The molecule has 13 rings (SSSR count). The average Bonchev–Trinajstić information content (AvgIpc) is 4.08. The zero-order valence-corrected chi connectivity index (χ0v) is 32.9. The zero-order valence-electron chi connectivity index (χ0n) is 32.1. The number of rotatable bonds is 5. The molecule has 0 bridgehead atoms. The molecule has 7 nitrogen and oxygen atoms in total. The minimum absolute atomic E-state index is 0.567. The van der Waals surface area contributed by atoms with Gasteiger partial charge in [-0.1, -0.05) is 115 Å². The Morgan fingerprint density at radius 2 is 1.23 bits per heavy atom. The lowest BCUT2D eigenvalue weighted by Gasteiger charge is -2.13. The Morgan fingerprint density at radius 3 is 2.13 bits per heavy atom. The van der Waals surface area contributed by atoms with Crippen LogP contribution in [0.4, 0.5) is 0 Å². The molecule has 0 atom stereocenters. The Bertz CT molecular complexity index is 3800. The highest BCUT2D eigenvalue weighted by Crippen LogP contribution is 2.39. The van der Waals surface area contributed by atoms with E-state index >= 15 is 0 Å². The van der Waals surface area contributed by atoms with Crippen LogP contribution in [0.15, 0.2) is 162 Å². The quantitative estimate of drug-likeness (QED) is 0.174. The summed E-state index contributed by atoms with van der Waals surface area (Å²) in [6, 6.07) is 55.0. The number of hydrogen-bond donors (Lipinski definition) is 0. The number of hydrogen-bond acceptors (Lipinski definition) is 6. The molecular weight excluding hydrogens is 757 g/mol. The molecule has 1 aliphatic carbocycles. The number of furan rings is 1. The fraction of sp³-hybridized carbons (Fsp3) is 0.0385. The summed E-state index contributed by atoms with van der Waals surface area (Å²) in [5.74, 6) is 1.76. The van der Waals surface area contributed by atoms with Crippen molar-refractivity contribution in [2.45, 2.75) is 12.8 Å². The van der Waals surface area contributed by atoms with Crippen LogP contribution in [0, 0.1) is 0 Å². The molecule has 0 saturated heterocycles. The number of thiazole rings is 1. The lowest BCUT2D eigenvalue weighted by molar-refractivity contribution is 0.669. The molecule has 0 amide bonds. The van der Waals surface area contributed by atoms with E-state index in [1.54, 1.807) is 11.3 Å². The van der Waals surface area contributed by atoms with Crippen molar-refractivity contribution in [1.82, 2.24) is 29.1 Å². The third kappa shape index (κ3) is 4.95. The lowest BCUT2D eigenvalue weighted by atomic mass is 10.1. The van der Waals surface area contributed by atoms with Gasteiger partial charge in [-0.2, -0.15) is 9.97 Å². The first-order valence-electron chi connectivity index (χ1n) is 20.2. The molecule has 282 valence electrons. The molecule has 0 radical (unpaired) electrons. The maximum atomic E-state index is 6.35. The molecule has 1 aliphatic rings. The van der Waals surface area contributed by atoms with Gasteiger partial charge in [-0.05, 0) is 67.4 Å². The van der Waals surface area contributed by atoms with Gasteiger partial charge in [-0.15, -0.1) is 11.3 Å². The third-order valence-corrected chi connectivity index (χ3v) is 12.9. The van der Waals surface area contributed by atoms with Crippen molar-refractivity contribution in [2.24, 2.45) is 0 Å². The van der Waals surface area contributed by atoms with Crippen molar-refractivity contribution < 1.29 is 4.42 Å². The number of benzene rings is 7. The summed E-state index contributed by atoms with van der Waals surface area (Å²) in [4.78, 5) is 21.0. The van der Waals surface area contributed by atoms with Gasteiger partial charge in [0.25, 0.3) is 0 Å². The van der Waals surface area contributed by atoms with Crippen LogP contribution in [0.25, 0.3) is 122 Å². The predicted octanol–water partition coefficient (Wildman–Crippen LogP) is 11.8. The molecule has 0 aliphatic heterocycles. The second-order valence-corrected chi connectivity index (χ2v) is 16.3. The summed E-state index contributed by atoms with van der Waals surface area (Å²) in [5.41, 5.74) is 9.91. The van der Waals surface area contributed by atoms with Crippen molar-refractivity contribution in [3.8, 4) is 45.0 Å². The summed E-state index contributed by atoms with van der Waals surface area (Å²) in [6.07, 6.45) is 6.61. The van der Waals surface area contributed by atoms with Crippen molar-refractivity contribution in [3.63, 3.8) is 0 Å². The Labute approximate surface area is 346 Å². The smallest absolute Gasteiger partial charge is 0.238 e. The SMILES string of the molecule is C1=c2c(n(-c3nc(-c4ccccc4)nc(-c4cccc5oc6ccccc6c45)n3)c3c2ccc2c4ccccc4n(-c4ccc(-c5nc6ccccc6s5)cc4)c23)=CCC1. The van der Waals surface area contributed by atoms with E-state index < -0.39 is 0 Å². The summed E-state index contributed by atoms with van der Waals surface area (Å²) < 4.78 is 12.2. The standard InChI is InChI=1S/C52H32N6OS/c1-2-13-31(14-3-1)49-54-50(39-18-12-23-44-46(39)38-17-6-10-22-43(38)59-44)56-52(55-49)58-42-21-9-5-16-35(42)37-30-29-36-34-15-4-8-20-41(34)57(47(36)48(37)58)33-27-25-32(26-28-33)51-53-40-19-7-11-24-45(40)60-51/h1-4,6-8,10-30H,5,9H2. The molecule has 8 heteroatoms. The molecule has 0 unspecified atom stereocenters. The Morgan fingerprint density at radius 1 is 0.500 bits per heavy atom. The third-order valence-electron chi connectivity index (χ3n) is 11.9. The summed E-state index contributed by atoms with van der Waals surface area (Å²) in [7, 11) is 0. The van der Waals surface area contributed by atoms with Crippen LogP contribution in [0.3, 0.4) is 0 Å². The highest BCUT2D eigenvalue weighted by molar-refractivity contribution is 7.21. The first-order chi connectivity index (χ1) is 29.7. The molecule has 0 spiro atoms. The van der Waals surface area contributed by atoms with Gasteiger partial charge >= 0.3 is 0 Å². The zero-order chi connectivity index (χ0) is 39.3. The van der Waals surface area contributed by atoms with Crippen molar-refractivity contribution in [3.05, 3.63) is 168 Å². The van der Waals surface area contributed by atoms with E-state index in [0.717, 1.165) is 100 Å². The van der Waals surface area contributed by atoms with Crippen molar-refractivity contribution >= 4 is 88.4 Å². The number of fused-ring (bicyclic) bond motifs is 11. The Kier molecular flexibility index (Phi) is 7.17. The second-order valence-electron chi connectivity index (χ2n) is 15.3. The van der Waals surface area contributed by atoms with E-state index in [4.69, 9.17) is 24.4 Å². The van der Waals surface area contributed by atoms with Crippen LogP contribution in [-0.2, 0) is 0 Å². The summed E-state index contributed by atoms with van der Waals surface area (Å²) in [5, 5.41) is 8.83. The highest BCUT2D eigenvalue weighted by Gasteiger charge is 2.24. The highest BCUT2D eigenvalue weighted by atomic mass is 32.1. The van der Waals surface area contributed by atoms with E-state index in [0.29, 0.717) is 17.6 Å². The minimum Gasteiger partial charge on any atom is -0.456 e. The van der Waals surface area contributed by atoms with Gasteiger partial charge in [0, 0.05) is 54.5 Å². The van der Waals surface area contributed by atoms with Gasteiger partial charge in [0.2, 0.25) is 5.95 Å². The van der Waals surface area contributed by atoms with Gasteiger partial charge in [0.1, 0.15) is 16.2 Å². The van der Waals surface area contributed by atoms with Crippen LogP contribution >= 0.6 is 11.3 Å². The molecule has 60 heavy (non-hydrogen) atoms. The van der Waals surface area contributed by atoms with Crippen LogP contribution in [0.5, 0.6) is 0 Å². The second kappa shape index (κ2) is 12.9. The predicted molar refractivity (Wildman–Crippen MR) is 245 cm³/mol. The van der Waals surface area contributed by atoms with E-state index in [-0.39, 0.29) is 0 Å².